The van der Waals surface area contributed by atoms with Crippen LogP contribution < -0.4 is 5.56 Å². The third-order valence-corrected chi connectivity index (χ3v) is 5.30. The van der Waals surface area contributed by atoms with Crippen molar-refractivity contribution in [2.24, 2.45) is 0 Å². The highest BCUT2D eigenvalue weighted by Crippen LogP contribution is 2.26. The molecular formula is C25H26N2O5. The molecule has 166 valence electrons. The zero-order valence-corrected chi connectivity index (χ0v) is 17.7. The number of rotatable bonds is 6. The second-order valence-electron chi connectivity index (χ2n) is 7.51. The van der Waals surface area contributed by atoms with Crippen LogP contribution in [0.25, 0.3) is 21.9 Å². The molecule has 2 aromatic carbocycles. The summed E-state index contributed by atoms with van der Waals surface area (Å²) in [6, 6.07) is 18.3. The van der Waals surface area contributed by atoms with Gasteiger partial charge >= 0.3 is 11.9 Å². The average Bonchev–Trinajstić information content (AvgIpc) is 3.32. The van der Waals surface area contributed by atoms with Crippen LogP contribution in [0.4, 0.5) is 0 Å². The maximum Gasteiger partial charge on any atom is 0.328 e. The number of carbonyl (C=O) groups is 2. The number of nitrogens with zero attached hydrogens (tertiary/aromatic N) is 2. The summed E-state index contributed by atoms with van der Waals surface area (Å²) in [7, 11) is 0. The van der Waals surface area contributed by atoms with E-state index in [1.165, 1.54) is 12.8 Å². The summed E-state index contributed by atoms with van der Waals surface area (Å²) in [6.45, 7) is 4.03. The van der Waals surface area contributed by atoms with Gasteiger partial charge in [-0.05, 0) is 42.9 Å². The van der Waals surface area contributed by atoms with E-state index >= 15 is 0 Å². The molecule has 1 aromatic heterocycles. The largest absolute Gasteiger partial charge is 0.478 e. The summed E-state index contributed by atoms with van der Waals surface area (Å²) in [6.07, 6.45) is 5.71. The number of aliphatic carboxylic acids is 2. The first-order valence-electron chi connectivity index (χ1n) is 10.5. The number of fused-ring (bicyclic) bond motifs is 1. The SMILES string of the molecule is O=C(O)C=CC(=O)O.O=c1c2ccccc2c(-c2ccccc2)cn1CCN1CCCC1. The van der Waals surface area contributed by atoms with E-state index < -0.39 is 11.9 Å². The van der Waals surface area contributed by atoms with Gasteiger partial charge in [0.1, 0.15) is 0 Å². The first kappa shape index (κ1) is 23.0. The summed E-state index contributed by atoms with van der Waals surface area (Å²) < 4.78 is 1.89. The molecule has 0 bridgehead atoms. The second-order valence-corrected chi connectivity index (χ2v) is 7.51. The average molecular weight is 434 g/mol. The van der Waals surface area contributed by atoms with Gasteiger partial charge in [-0.3, -0.25) is 4.79 Å². The van der Waals surface area contributed by atoms with Gasteiger partial charge < -0.3 is 19.7 Å². The molecule has 7 heteroatoms. The van der Waals surface area contributed by atoms with Crippen LogP contribution >= 0.6 is 0 Å². The molecule has 1 fully saturated rings. The van der Waals surface area contributed by atoms with Crippen LogP contribution in [0, 0.1) is 0 Å². The fourth-order valence-electron chi connectivity index (χ4n) is 3.76. The predicted molar refractivity (Wildman–Crippen MR) is 124 cm³/mol. The molecule has 0 spiro atoms. The molecule has 1 aliphatic heterocycles. The zero-order valence-electron chi connectivity index (χ0n) is 17.7. The number of pyridine rings is 1. The fourth-order valence-corrected chi connectivity index (χ4v) is 3.76. The standard InChI is InChI=1S/C21H22N2O.C4H4O4/c24-21-19-11-5-4-10-18(19)20(17-8-2-1-3-9-17)16-23(21)15-14-22-12-6-7-13-22;5-3(6)1-2-4(7)8/h1-5,8-11,16H,6-7,12-15H2;1-2H,(H,5,6)(H,7,8). The fraction of sp³-hybridized carbons (Fsp3) is 0.240. The third-order valence-electron chi connectivity index (χ3n) is 5.30. The molecule has 4 rings (SSSR count). The van der Waals surface area contributed by atoms with Crippen molar-refractivity contribution < 1.29 is 19.8 Å². The van der Waals surface area contributed by atoms with Crippen molar-refractivity contribution in [2.75, 3.05) is 19.6 Å². The van der Waals surface area contributed by atoms with E-state index in [0.29, 0.717) is 12.2 Å². The molecular weight excluding hydrogens is 408 g/mol. The monoisotopic (exact) mass is 434 g/mol. The molecule has 2 heterocycles. The van der Waals surface area contributed by atoms with E-state index in [4.69, 9.17) is 10.2 Å². The lowest BCUT2D eigenvalue weighted by molar-refractivity contribution is -0.134. The molecule has 0 aliphatic carbocycles. The zero-order chi connectivity index (χ0) is 22.9. The van der Waals surface area contributed by atoms with Gasteiger partial charge in [-0.2, -0.15) is 0 Å². The van der Waals surface area contributed by atoms with Crippen LogP contribution in [0.1, 0.15) is 12.8 Å². The van der Waals surface area contributed by atoms with Crippen molar-refractivity contribution in [2.45, 2.75) is 19.4 Å². The van der Waals surface area contributed by atoms with Crippen LogP contribution in [0.15, 0.2) is 77.7 Å². The van der Waals surface area contributed by atoms with Gasteiger partial charge in [0.25, 0.3) is 5.56 Å². The van der Waals surface area contributed by atoms with E-state index in [1.54, 1.807) is 0 Å². The quantitative estimate of drug-likeness (QED) is 0.576. The van der Waals surface area contributed by atoms with E-state index in [2.05, 4.69) is 17.0 Å². The molecule has 2 N–H and O–H groups in total. The molecule has 1 saturated heterocycles. The minimum Gasteiger partial charge on any atom is -0.478 e. The molecule has 3 aromatic rings. The van der Waals surface area contributed by atoms with Crippen molar-refractivity contribution in [3.63, 3.8) is 0 Å². The summed E-state index contributed by atoms with van der Waals surface area (Å²) in [4.78, 5) is 34.4. The highest BCUT2D eigenvalue weighted by Gasteiger charge is 2.13. The summed E-state index contributed by atoms with van der Waals surface area (Å²) >= 11 is 0. The van der Waals surface area contributed by atoms with Gasteiger partial charge in [-0.15, -0.1) is 0 Å². The van der Waals surface area contributed by atoms with E-state index in [0.717, 1.165) is 48.1 Å². The van der Waals surface area contributed by atoms with E-state index in [-0.39, 0.29) is 5.56 Å². The maximum atomic E-state index is 12.9. The Morgan fingerprint density at radius 3 is 1.97 bits per heavy atom. The number of benzene rings is 2. The number of aromatic nitrogens is 1. The maximum absolute atomic E-state index is 12.9. The van der Waals surface area contributed by atoms with Crippen LogP contribution in [-0.2, 0) is 16.1 Å². The lowest BCUT2D eigenvalue weighted by Gasteiger charge is -2.17. The molecule has 1 aliphatic rings. The Kier molecular flexibility index (Phi) is 7.94. The van der Waals surface area contributed by atoms with Crippen molar-refractivity contribution in [1.82, 2.24) is 9.47 Å². The molecule has 0 atom stereocenters. The van der Waals surface area contributed by atoms with Crippen molar-refractivity contribution in [3.05, 3.63) is 83.3 Å². The Bertz CT molecular complexity index is 1150. The van der Waals surface area contributed by atoms with E-state index in [1.807, 2.05) is 53.2 Å². The number of carboxylic acid groups (broad SMARTS) is 2. The van der Waals surface area contributed by atoms with Gasteiger partial charge in [-0.25, -0.2) is 9.59 Å². The molecule has 7 nitrogen and oxygen atoms in total. The van der Waals surface area contributed by atoms with Crippen LogP contribution in [0.3, 0.4) is 0 Å². The predicted octanol–water partition coefficient (Wildman–Crippen LogP) is 3.48. The Hall–Kier alpha value is -3.71. The van der Waals surface area contributed by atoms with Crippen molar-refractivity contribution in [3.8, 4) is 11.1 Å². The van der Waals surface area contributed by atoms with Gasteiger partial charge in [0.15, 0.2) is 0 Å². The number of hydrogen-bond donors (Lipinski definition) is 2. The Morgan fingerprint density at radius 1 is 0.812 bits per heavy atom. The molecule has 0 amide bonds. The minimum atomic E-state index is -1.26. The number of carboxylic acids is 2. The summed E-state index contributed by atoms with van der Waals surface area (Å²) in [5.74, 6) is -2.51. The number of likely N-dealkylation sites (tertiary alicyclic amines) is 1. The summed E-state index contributed by atoms with van der Waals surface area (Å²) in [5.41, 5.74) is 2.40. The Labute approximate surface area is 185 Å². The van der Waals surface area contributed by atoms with E-state index in [9.17, 15) is 14.4 Å². The highest BCUT2D eigenvalue weighted by atomic mass is 16.4. The molecule has 0 unspecified atom stereocenters. The third kappa shape index (κ3) is 6.15. The lowest BCUT2D eigenvalue weighted by Crippen LogP contribution is -2.29. The van der Waals surface area contributed by atoms with Gasteiger partial charge in [0.2, 0.25) is 0 Å². The van der Waals surface area contributed by atoms with Crippen LogP contribution in [0.2, 0.25) is 0 Å². The molecule has 0 saturated carbocycles. The minimum absolute atomic E-state index is 0.115. The van der Waals surface area contributed by atoms with Gasteiger partial charge in [0, 0.05) is 42.4 Å². The van der Waals surface area contributed by atoms with Gasteiger partial charge in [0.05, 0.1) is 0 Å². The second kappa shape index (κ2) is 11.1. The number of hydrogen-bond acceptors (Lipinski definition) is 4. The summed E-state index contributed by atoms with van der Waals surface area (Å²) in [5, 5.41) is 17.5. The first-order valence-corrected chi connectivity index (χ1v) is 10.5. The molecule has 0 radical (unpaired) electrons. The topological polar surface area (TPSA) is 99.8 Å². The van der Waals surface area contributed by atoms with Crippen LogP contribution in [-0.4, -0.2) is 51.3 Å². The highest BCUT2D eigenvalue weighted by molar-refractivity contribution is 5.95. The lowest BCUT2D eigenvalue weighted by atomic mass is 10.0. The van der Waals surface area contributed by atoms with Crippen molar-refractivity contribution in [1.29, 1.82) is 0 Å². The smallest absolute Gasteiger partial charge is 0.328 e. The van der Waals surface area contributed by atoms with Gasteiger partial charge in [-0.1, -0.05) is 48.5 Å². The first-order chi connectivity index (χ1) is 15.5. The Balaban J connectivity index is 0.000000312. The van der Waals surface area contributed by atoms with Crippen LogP contribution in [0.5, 0.6) is 0 Å². The normalized spacial score (nSPS) is 13.8. The molecule has 32 heavy (non-hydrogen) atoms. The van der Waals surface area contributed by atoms with Crippen molar-refractivity contribution >= 4 is 22.7 Å². The Morgan fingerprint density at radius 2 is 1.38 bits per heavy atom.